The number of carbonyl (C=O) groups excluding carboxylic acids is 1. The van der Waals surface area contributed by atoms with Gasteiger partial charge in [-0.3, -0.25) is 4.79 Å². The van der Waals surface area contributed by atoms with E-state index >= 15 is 0 Å². The SMILES string of the molecule is Br.COc1ccc(C(=O)C[n+]2ccc(-c3ccc(-c4ccccc4)cc3)nc2)cc1OC. The van der Waals surface area contributed by atoms with E-state index in [1.165, 1.54) is 5.56 Å². The first-order valence-corrected chi connectivity index (χ1v) is 9.94. The molecule has 0 amide bonds. The Morgan fingerprint density at radius 1 is 0.812 bits per heavy atom. The number of halogens is 1. The van der Waals surface area contributed by atoms with Crippen molar-refractivity contribution in [3.05, 3.63) is 97.0 Å². The Morgan fingerprint density at radius 3 is 2.09 bits per heavy atom. The van der Waals surface area contributed by atoms with Gasteiger partial charge in [0.05, 0.1) is 20.4 Å². The van der Waals surface area contributed by atoms with Gasteiger partial charge >= 0.3 is 0 Å². The van der Waals surface area contributed by atoms with E-state index in [-0.39, 0.29) is 29.3 Å². The molecule has 6 heteroatoms. The molecule has 4 aromatic rings. The Bertz CT molecular complexity index is 1180. The molecule has 0 spiro atoms. The van der Waals surface area contributed by atoms with Gasteiger partial charge in [-0.05, 0) is 46.4 Å². The van der Waals surface area contributed by atoms with Gasteiger partial charge in [0, 0.05) is 17.2 Å². The molecule has 0 fully saturated rings. The van der Waals surface area contributed by atoms with Gasteiger partial charge in [-0.1, -0.05) is 42.5 Å². The van der Waals surface area contributed by atoms with Crippen LogP contribution in [0.2, 0.25) is 0 Å². The smallest absolute Gasteiger partial charge is 0.287 e. The van der Waals surface area contributed by atoms with Crippen molar-refractivity contribution in [1.29, 1.82) is 0 Å². The first-order chi connectivity index (χ1) is 15.2. The number of methoxy groups -OCH3 is 2. The molecule has 1 heterocycles. The highest BCUT2D eigenvalue weighted by Crippen LogP contribution is 2.27. The van der Waals surface area contributed by atoms with Crippen molar-refractivity contribution in [1.82, 2.24) is 4.98 Å². The normalized spacial score (nSPS) is 10.2. The highest BCUT2D eigenvalue weighted by molar-refractivity contribution is 8.93. The first kappa shape index (κ1) is 23.2. The summed E-state index contributed by atoms with van der Waals surface area (Å²) in [6.07, 6.45) is 3.55. The van der Waals surface area contributed by atoms with Gasteiger partial charge < -0.3 is 9.47 Å². The minimum atomic E-state index is -0.0345. The third-order valence-electron chi connectivity index (χ3n) is 5.09. The summed E-state index contributed by atoms with van der Waals surface area (Å²) in [5.41, 5.74) is 4.79. The lowest BCUT2D eigenvalue weighted by Crippen LogP contribution is -2.37. The van der Waals surface area contributed by atoms with Crippen LogP contribution in [0.1, 0.15) is 10.4 Å². The zero-order valence-electron chi connectivity index (χ0n) is 17.9. The maximum Gasteiger partial charge on any atom is 0.287 e. The van der Waals surface area contributed by atoms with Crippen LogP contribution in [0, 0.1) is 0 Å². The molecule has 0 aliphatic heterocycles. The second-order valence-electron chi connectivity index (χ2n) is 7.05. The highest BCUT2D eigenvalue weighted by Gasteiger charge is 2.14. The summed E-state index contributed by atoms with van der Waals surface area (Å²) in [6, 6.07) is 25.6. The average molecular weight is 492 g/mol. The van der Waals surface area contributed by atoms with E-state index in [2.05, 4.69) is 41.4 Å². The van der Waals surface area contributed by atoms with Crippen molar-refractivity contribution < 1.29 is 18.8 Å². The molecule has 32 heavy (non-hydrogen) atoms. The highest BCUT2D eigenvalue weighted by atomic mass is 79.9. The van der Waals surface area contributed by atoms with Crippen LogP contribution in [-0.4, -0.2) is 25.0 Å². The molecule has 0 bridgehead atoms. The minimum absolute atomic E-state index is 0. The predicted molar refractivity (Wildman–Crippen MR) is 130 cm³/mol. The van der Waals surface area contributed by atoms with E-state index < -0.39 is 0 Å². The summed E-state index contributed by atoms with van der Waals surface area (Å²) in [5.74, 6) is 1.09. The standard InChI is InChI=1S/C26H23N2O3.BrH/c1-30-25-13-12-22(16-26(25)31-2)24(29)17-28-15-14-23(27-18-28)21-10-8-20(9-11-21)19-6-4-3-5-7-19;/h3-16,18H,17H2,1-2H3;1H/q+1;. The molecule has 0 saturated carbocycles. The lowest BCUT2D eigenvalue weighted by Gasteiger charge is -2.08. The Hall–Kier alpha value is -3.51. The molecule has 162 valence electrons. The molecule has 1 aromatic heterocycles. The second kappa shape index (κ2) is 10.7. The van der Waals surface area contributed by atoms with Crippen LogP contribution in [0.15, 0.2) is 91.4 Å². The average Bonchev–Trinajstić information content (AvgIpc) is 2.84. The van der Waals surface area contributed by atoms with E-state index in [4.69, 9.17) is 9.47 Å². The number of carbonyl (C=O) groups is 1. The maximum absolute atomic E-state index is 12.7. The lowest BCUT2D eigenvalue weighted by atomic mass is 10.0. The molecule has 0 radical (unpaired) electrons. The quantitative estimate of drug-likeness (QED) is 0.264. The van der Waals surface area contributed by atoms with E-state index in [1.807, 2.05) is 30.5 Å². The molecule has 0 unspecified atom stereocenters. The van der Waals surface area contributed by atoms with Crippen LogP contribution in [0.25, 0.3) is 22.4 Å². The van der Waals surface area contributed by atoms with Crippen LogP contribution < -0.4 is 14.0 Å². The van der Waals surface area contributed by atoms with Crippen molar-refractivity contribution in [3.8, 4) is 33.9 Å². The van der Waals surface area contributed by atoms with Gasteiger partial charge in [-0.2, -0.15) is 0 Å². The van der Waals surface area contributed by atoms with Crippen LogP contribution in [-0.2, 0) is 6.54 Å². The molecule has 3 aromatic carbocycles. The van der Waals surface area contributed by atoms with E-state index in [9.17, 15) is 4.79 Å². The third-order valence-corrected chi connectivity index (χ3v) is 5.09. The molecule has 0 aliphatic rings. The fourth-order valence-corrected chi connectivity index (χ4v) is 3.38. The molecule has 0 saturated heterocycles. The number of rotatable bonds is 7. The van der Waals surface area contributed by atoms with Gasteiger partial charge in [0.1, 0.15) is 0 Å². The summed E-state index contributed by atoms with van der Waals surface area (Å²) in [4.78, 5) is 17.2. The largest absolute Gasteiger partial charge is 0.493 e. The van der Waals surface area contributed by atoms with Gasteiger partial charge in [0.2, 0.25) is 5.78 Å². The van der Waals surface area contributed by atoms with Crippen molar-refractivity contribution in [2.24, 2.45) is 0 Å². The number of ether oxygens (including phenoxy) is 2. The molecule has 0 aliphatic carbocycles. The molecule has 5 nitrogen and oxygen atoms in total. The number of ketones is 1. The number of Topliss-reactive ketones (excluding diaryl/α,β-unsaturated/α-hetero) is 1. The fraction of sp³-hybridized carbons (Fsp3) is 0.115. The topological polar surface area (TPSA) is 52.3 Å². The van der Waals surface area contributed by atoms with E-state index in [0.717, 1.165) is 16.8 Å². The second-order valence-corrected chi connectivity index (χ2v) is 7.05. The Labute approximate surface area is 198 Å². The molecule has 0 atom stereocenters. The van der Waals surface area contributed by atoms with Gasteiger partial charge in [0.15, 0.2) is 23.7 Å². The first-order valence-electron chi connectivity index (χ1n) is 9.94. The predicted octanol–water partition coefficient (Wildman–Crippen LogP) is 5.18. The van der Waals surface area contributed by atoms with Crippen molar-refractivity contribution in [3.63, 3.8) is 0 Å². The minimum Gasteiger partial charge on any atom is -0.493 e. The maximum atomic E-state index is 12.7. The zero-order valence-corrected chi connectivity index (χ0v) is 19.6. The summed E-state index contributed by atoms with van der Waals surface area (Å²) in [6.45, 7) is 0.190. The van der Waals surface area contributed by atoms with Crippen molar-refractivity contribution in [2.45, 2.75) is 6.54 Å². The number of hydrogen-bond acceptors (Lipinski definition) is 4. The molecular weight excluding hydrogens is 468 g/mol. The molecular formula is C26H24BrN2O3+. The van der Waals surface area contributed by atoms with Crippen LogP contribution >= 0.6 is 17.0 Å². The number of aromatic nitrogens is 2. The van der Waals surface area contributed by atoms with E-state index in [0.29, 0.717) is 17.1 Å². The monoisotopic (exact) mass is 491 g/mol. The lowest BCUT2D eigenvalue weighted by molar-refractivity contribution is -0.686. The van der Waals surface area contributed by atoms with Gasteiger partial charge in [-0.25, -0.2) is 4.57 Å². The Morgan fingerprint density at radius 2 is 1.47 bits per heavy atom. The van der Waals surface area contributed by atoms with Gasteiger partial charge in [0.25, 0.3) is 6.33 Å². The van der Waals surface area contributed by atoms with Crippen molar-refractivity contribution in [2.75, 3.05) is 14.2 Å². The van der Waals surface area contributed by atoms with Crippen LogP contribution in [0.5, 0.6) is 11.5 Å². The van der Waals surface area contributed by atoms with Crippen LogP contribution in [0.4, 0.5) is 0 Å². The Balaban J connectivity index is 0.00000289. The number of benzene rings is 3. The van der Waals surface area contributed by atoms with Crippen molar-refractivity contribution >= 4 is 22.8 Å². The summed E-state index contributed by atoms with van der Waals surface area (Å²) in [5, 5.41) is 0. The summed E-state index contributed by atoms with van der Waals surface area (Å²) >= 11 is 0. The zero-order chi connectivity index (χ0) is 21.6. The molecule has 0 N–H and O–H groups in total. The Kier molecular flexibility index (Phi) is 7.73. The van der Waals surface area contributed by atoms with Gasteiger partial charge in [-0.15, -0.1) is 17.0 Å². The van der Waals surface area contributed by atoms with E-state index in [1.54, 1.807) is 43.3 Å². The summed E-state index contributed by atoms with van der Waals surface area (Å²) < 4.78 is 12.3. The molecule has 4 rings (SSSR count). The summed E-state index contributed by atoms with van der Waals surface area (Å²) in [7, 11) is 3.12. The third kappa shape index (κ3) is 5.21. The fourth-order valence-electron chi connectivity index (χ4n) is 3.38. The number of hydrogen-bond donors (Lipinski definition) is 0. The van der Waals surface area contributed by atoms with Crippen LogP contribution in [0.3, 0.4) is 0 Å². The number of nitrogens with zero attached hydrogens (tertiary/aromatic N) is 2.